The fourth-order valence-electron chi connectivity index (χ4n) is 1.89. The fourth-order valence-corrected chi connectivity index (χ4v) is 2.65. The minimum Gasteiger partial charge on any atom is -0.380 e. The number of aryl methyl sites for hydroxylation is 1. The summed E-state index contributed by atoms with van der Waals surface area (Å²) in [5.74, 6) is 0. The Hall–Kier alpha value is -1.19. The predicted octanol–water partition coefficient (Wildman–Crippen LogP) is 5.09. The van der Waals surface area contributed by atoms with Gasteiger partial charge in [0.05, 0.1) is 5.69 Å². The van der Waals surface area contributed by atoms with E-state index in [2.05, 4.69) is 50.4 Å². The average molecular weight is 354 g/mol. The molecule has 0 saturated carbocycles. The van der Waals surface area contributed by atoms with Crippen molar-refractivity contribution in [1.82, 2.24) is 0 Å². The summed E-state index contributed by atoms with van der Waals surface area (Å²) in [6.45, 7) is 2.77. The lowest BCUT2D eigenvalue weighted by atomic mass is 10.2. The van der Waals surface area contributed by atoms with Crippen LogP contribution in [-0.4, -0.2) is 14.1 Å². The molecule has 0 bridgehead atoms. The van der Waals surface area contributed by atoms with Gasteiger partial charge in [-0.3, -0.25) is 0 Å². The molecule has 0 fully saturated rings. The zero-order valence-corrected chi connectivity index (χ0v) is 14.2. The Morgan fingerprint density at radius 2 is 1.80 bits per heavy atom. The van der Waals surface area contributed by atoms with Gasteiger partial charge in [0.15, 0.2) is 0 Å². The van der Waals surface area contributed by atoms with Crippen molar-refractivity contribution in [3.8, 4) is 0 Å². The van der Waals surface area contributed by atoms with E-state index in [4.69, 9.17) is 11.6 Å². The molecule has 0 aromatic heterocycles. The maximum atomic E-state index is 6.16. The van der Waals surface area contributed by atoms with Crippen molar-refractivity contribution in [1.29, 1.82) is 0 Å². The fraction of sp³-hybridized carbons (Fsp3) is 0.250. The SMILES string of the molecule is Cc1cc(Br)c(NCc2ccc(N(C)C)cc2)cc1Cl. The molecule has 0 spiro atoms. The first-order chi connectivity index (χ1) is 9.47. The van der Waals surface area contributed by atoms with Gasteiger partial charge >= 0.3 is 0 Å². The molecule has 0 amide bonds. The number of hydrogen-bond acceptors (Lipinski definition) is 2. The number of nitrogens with one attached hydrogen (secondary N) is 1. The number of nitrogens with zero attached hydrogens (tertiary/aromatic N) is 1. The van der Waals surface area contributed by atoms with Crippen LogP contribution >= 0.6 is 27.5 Å². The van der Waals surface area contributed by atoms with Crippen molar-refractivity contribution in [2.45, 2.75) is 13.5 Å². The first-order valence-corrected chi connectivity index (χ1v) is 7.60. The second-order valence-electron chi connectivity index (χ2n) is 5.00. The molecule has 0 aliphatic carbocycles. The molecular formula is C16H18BrClN2. The lowest BCUT2D eigenvalue weighted by molar-refractivity contribution is 1.11. The summed E-state index contributed by atoms with van der Waals surface area (Å²) in [5.41, 5.74) is 4.52. The standard InChI is InChI=1S/C16H18BrClN2/c1-11-8-14(17)16(9-15(11)18)19-10-12-4-6-13(7-5-12)20(2)3/h4-9,19H,10H2,1-3H3. The number of anilines is 2. The summed E-state index contributed by atoms with van der Waals surface area (Å²) in [7, 11) is 4.08. The molecule has 2 nitrogen and oxygen atoms in total. The lowest BCUT2D eigenvalue weighted by Gasteiger charge is -2.14. The summed E-state index contributed by atoms with van der Waals surface area (Å²) in [6.07, 6.45) is 0. The molecule has 0 radical (unpaired) electrons. The Kier molecular flexibility index (Phi) is 4.95. The summed E-state index contributed by atoms with van der Waals surface area (Å²) < 4.78 is 1.03. The Balaban J connectivity index is 2.07. The second-order valence-corrected chi connectivity index (χ2v) is 6.26. The third kappa shape index (κ3) is 3.68. The quantitative estimate of drug-likeness (QED) is 0.823. The number of benzene rings is 2. The minimum atomic E-state index is 0.770. The van der Waals surface area contributed by atoms with Crippen LogP contribution in [0.3, 0.4) is 0 Å². The van der Waals surface area contributed by atoms with Gasteiger partial charge in [-0.2, -0.15) is 0 Å². The highest BCUT2D eigenvalue weighted by Crippen LogP contribution is 2.29. The van der Waals surface area contributed by atoms with E-state index in [1.807, 2.05) is 33.2 Å². The van der Waals surface area contributed by atoms with E-state index in [-0.39, 0.29) is 0 Å². The van der Waals surface area contributed by atoms with Crippen molar-refractivity contribution in [2.75, 3.05) is 24.3 Å². The van der Waals surface area contributed by atoms with Gasteiger partial charge in [-0.1, -0.05) is 23.7 Å². The van der Waals surface area contributed by atoms with E-state index < -0.39 is 0 Å². The summed E-state index contributed by atoms with van der Waals surface area (Å²) in [6, 6.07) is 12.5. The van der Waals surface area contributed by atoms with E-state index in [9.17, 15) is 0 Å². The predicted molar refractivity (Wildman–Crippen MR) is 92.0 cm³/mol. The van der Waals surface area contributed by atoms with Gasteiger partial charge in [-0.15, -0.1) is 0 Å². The molecule has 0 heterocycles. The van der Waals surface area contributed by atoms with Gasteiger partial charge in [0, 0.05) is 35.8 Å². The largest absolute Gasteiger partial charge is 0.380 e. The van der Waals surface area contributed by atoms with Crippen molar-refractivity contribution in [2.24, 2.45) is 0 Å². The van der Waals surface area contributed by atoms with Gasteiger partial charge in [0.25, 0.3) is 0 Å². The van der Waals surface area contributed by atoms with E-state index in [0.29, 0.717) is 0 Å². The molecule has 4 heteroatoms. The summed E-state index contributed by atoms with van der Waals surface area (Å²) in [4.78, 5) is 2.09. The lowest BCUT2D eigenvalue weighted by Crippen LogP contribution is -2.08. The first kappa shape index (κ1) is 15.2. The second kappa shape index (κ2) is 6.51. The van der Waals surface area contributed by atoms with Crippen LogP contribution in [0.4, 0.5) is 11.4 Å². The van der Waals surface area contributed by atoms with Crippen LogP contribution in [0.15, 0.2) is 40.9 Å². The van der Waals surface area contributed by atoms with Crippen LogP contribution in [0.1, 0.15) is 11.1 Å². The summed E-state index contributed by atoms with van der Waals surface area (Å²) >= 11 is 9.71. The van der Waals surface area contributed by atoms with E-state index in [0.717, 1.165) is 27.3 Å². The van der Waals surface area contributed by atoms with Crippen molar-refractivity contribution >= 4 is 38.9 Å². The third-order valence-corrected chi connectivity index (χ3v) is 4.25. The highest BCUT2D eigenvalue weighted by atomic mass is 79.9. The van der Waals surface area contributed by atoms with Crippen molar-refractivity contribution in [3.63, 3.8) is 0 Å². The highest BCUT2D eigenvalue weighted by Gasteiger charge is 2.04. The smallest absolute Gasteiger partial charge is 0.0502 e. The molecule has 106 valence electrons. The normalized spacial score (nSPS) is 10.4. The molecular weight excluding hydrogens is 336 g/mol. The Morgan fingerprint density at radius 3 is 2.40 bits per heavy atom. The highest BCUT2D eigenvalue weighted by molar-refractivity contribution is 9.10. The number of rotatable bonds is 4. The maximum Gasteiger partial charge on any atom is 0.0502 e. The monoisotopic (exact) mass is 352 g/mol. The topological polar surface area (TPSA) is 15.3 Å². The Bertz CT molecular complexity index is 594. The molecule has 2 rings (SSSR count). The molecule has 0 aliphatic heterocycles. The molecule has 2 aromatic carbocycles. The van der Waals surface area contributed by atoms with Crippen LogP contribution in [0.5, 0.6) is 0 Å². The average Bonchev–Trinajstić information content (AvgIpc) is 2.42. The van der Waals surface area contributed by atoms with Crippen LogP contribution in [0.25, 0.3) is 0 Å². The number of hydrogen-bond donors (Lipinski definition) is 1. The van der Waals surface area contributed by atoms with Crippen LogP contribution in [0, 0.1) is 6.92 Å². The molecule has 0 saturated heterocycles. The van der Waals surface area contributed by atoms with Gasteiger partial charge in [0.2, 0.25) is 0 Å². The molecule has 20 heavy (non-hydrogen) atoms. The summed E-state index contributed by atoms with van der Waals surface area (Å²) in [5, 5.41) is 4.18. The van der Waals surface area contributed by atoms with Crippen molar-refractivity contribution < 1.29 is 0 Å². The van der Waals surface area contributed by atoms with Crippen LogP contribution in [-0.2, 0) is 6.54 Å². The van der Waals surface area contributed by atoms with Gasteiger partial charge < -0.3 is 10.2 Å². The Morgan fingerprint density at radius 1 is 1.15 bits per heavy atom. The minimum absolute atomic E-state index is 0.770. The van der Waals surface area contributed by atoms with Gasteiger partial charge in [-0.25, -0.2) is 0 Å². The van der Waals surface area contributed by atoms with E-state index in [1.54, 1.807) is 0 Å². The molecule has 0 atom stereocenters. The molecule has 0 unspecified atom stereocenters. The third-order valence-electron chi connectivity index (χ3n) is 3.18. The van der Waals surface area contributed by atoms with Crippen LogP contribution in [0.2, 0.25) is 5.02 Å². The first-order valence-electron chi connectivity index (χ1n) is 6.43. The van der Waals surface area contributed by atoms with E-state index >= 15 is 0 Å². The maximum absolute atomic E-state index is 6.16. The van der Waals surface area contributed by atoms with Gasteiger partial charge in [0.1, 0.15) is 0 Å². The Labute approximate surface area is 133 Å². The van der Waals surface area contributed by atoms with E-state index in [1.165, 1.54) is 11.3 Å². The van der Waals surface area contributed by atoms with Gasteiger partial charge in [-0.05, 0) is 58.2 Å². The molecule has 1 N–H and O–H groups in total. The van der Waals surface area contributed by atoms with Crippen molar-refractivity contribution in [3.05, 3.63) is 57.0 Å². The molecule has 2 aromatic rings. The molecule has 0 aliphatic rings. The zero-order valence-electron chi connectivity index (χ0n) is 11.9. The zero-order chi connectivity index (χ0) is 14.7. The van der Waals surface area contributed by atoms with Crippen LogP contribution < -0.4 is 10.2 Å². The number of halogens is 2.